The van der Waals surface area contributed by atoms with E-state index in [4.69, 9.17) is 4.74 Å². The Morgan fingerprint density at radius 1 is 1.29 bits per heavy atom. The van der Waals surface area contributed by atoms with Gasteiger partial charge in [-0.2, -0.15) is 0 Å². The number of ether oxygens (including phenoxy) is 1. The average Bonchev–Trinajstić information content (AvgIpc) is 2.32. The number of carbonyl (C=O) groups excluding carboxylic acids is 2. The van der Waals surface area contributed by atoms with Crippen LogP contribution >= 0.6 is 0 Å². The van der Waals surface area contributed by atoms with Gasteiger partial charge in [-0.15, -0.1) is 0 Å². The monoisotopic (exact) mass is 232 g/mol. The van der Waals surface area contributed by atoms with Crippen LogP contribution in [0.25, 0.3) is 6.08 Å². The van der Waals surface area contributed by atoms with E-state index in [0.29, 0.717) is 19.4 Å². The van der Waals surface area contributed by atoms with Gasteiger partial charge in [0.05, 0.1) is 13.0 Å². The Morgan fingerprint density at radius 2 is 2.00 bits per heavy atom. The quantitative estimate of drug-likeness (QED) is 0.558. The Balaban J connectivity index is 2.55. The number of hydrogen-bond donors (Lipinski definition) is 0. The minimum absolute atomic E-state index is 0.211. The van der Waals surface area contributed by atoms with Crippen LogP contribution in [0.2, 0.25) is 0 Å². The van der Waals surface area contributed by atoms with Gasteiger partial charge in [0.15, 0.2) is 0 Å². The summed E-state index contributed by atoms with van der Waals surface area (Å²) in [5.41, 5.74) is 1.94. The first-order valence-corrected chi connectivity index (χ1v) is 5.61. The summed E-state index contributed by atoms with van der Waals surface area (Å²) in [6.45, 7) is 2.20. The molecule has 0 fully saturated rings. The molecule has 0 aliphatic rings. The van der Waals surface area contributed by atoms with Crippen molar-refractivity contribution in [1.82, 2.24) is 0 Å². The van der Waals surface area contributed by atoms with Crippen LogP contribution in [0.4, 0.5) is 0 Å². The second-order valence-electron chi connectivity index (χ2n) is 3.53. The summed E-state index contributed by atoms with van der Waals surface area (Å²) < 4.78 is 4.86. The number of aldehydes is 1. The highest BCUT2D eigenvalue weighted by molar-refractivity contribution is 5.72. The lowest BCUT2D eigenvalue weighted by atomic mass is 10.1. The molecule has 0 heterocycles. The first kappa shape index (κ1) is 13.2. The number of rotatable bonds is 6. The summed E-state index contributed by atoms with van der Waals surface area (Å²) >= 11 is 0. The molecule has 0 unspecified atom stereocenters. The van der Waals surface area contributed by atoms with E-state index in [1.807, 2.05) is 30.3 Å². The summed E-state index contributed by atoms with van der Waals surface area (Å²) in [5, 5.41) is 0. The maximum absolute atomic E-state index is 11.2. The van der Waals surface area contributed by atoms with E-state index in [1.165, 1.54) is 0 Å². The molecule has 17 heavy (non-hydrogen) atoms. The van der Waals surface area contributed by atoms with Crippen LogP contribution in [0.3, 0.4) is 0 Å². The summed E-state index contributed by atoms with van der Waals surface area (Å²) in [7, 11) is 0. The van der Waals surface area contributed by atoms with Gasteiger partial charge in [-0.25, -0.2) is 0 Å². The molecule has 0 spiro atoms. The predicted molar refractivity (Wildman–Crippen MR) is 66.5 cm³/mol. The largest absolute Gasteiger partial charge is 0.466 e. The molecular weight excluding hydrogens is 216 g/mol. The Hall–Kier alpha value is -1.90. The van der Waals surface area contributed by atoms with Crippen LogP contribution in [0.5, 0.6) is 0 Å². The van der Waals surface area contributed by atoms with Crippen molar-refractivity contribution in [2.75, 3.05) is 6.61 Å². The van der Waals surface area contributed by atoms with Gasteiger partial charge in [0.25, 0.3) is 0 Å². The molecule has 0 saturated heterocycles. The maximum Gasteiger partial charge on any atom is 0.310 e. The Morgan fingerprint density at radius 3 is 2.59 bits per heavy atom. The third kappa shape index (κ3) is 5.11. The van der Waals surface area contributed by atoms with Crippen molar-refractivity contribution in [1.29, 1.82) is 0 Å². The van der Waals surface area contributed by atoms with Gasteiger partial charge in [0.1, 0.15) is 6.29 Å². The van der Waals surface area contributed by atoms with Gasteiger partial charge in [0.2, 0.25) is 0 Å². The van der Waals surface area contributed by atoms with Crippen molar-refractivity contribution in [3.63, 3.8) is 0 Å². The molecule has 1 rings (SSSR count). The van der Waals surface area contributed by atoms with Crippen molar-refractivity contribution in [2.45, 2.75) is 19.8 Å². The van der Waals surface area contributed by atoms with Crippen molar-refractivity contribution in [3.8, 4) is 0 Å². The van der Waals surface area contributed by atoms with Crippen molar-refractivity contribution in [3.05, 3.63) is 41.5 Å². The second-order valence-corrected chi connectivity index (χ2v) is 3.53. The fourth-order valence-electron chi connectivity index (χ4n) is 1.38. The molecular formula is C14H16O3. The molecule has 0 aliphatic heterocycles. The number of benzene rings is 1. The zero-order valence-electron chi connectivity index (χ0n) is 9.89. The average molecular weight is 232 g/mol. The third-order valence-corrected chi connectivity index (χ3v) is 2.18. The Labute approximate surface area is 101 Å². The molecule has 0 aromatic heterocycles. The van der Waals surface area contributed by atoms with Crippen molar-refractivity contribution >= 4 is 18.3 Å². The molecule has 0 saturated carbocycles. The minimum Gasteiger partial charge on any atom is -0.466 e. The topological polar surface area (TPSA) is 43.4 Å². The SMILES string of the molecule is CCOC(=O)Cc1ccc(C=CCC=O)cc1. The lowest BCUT2D eigenvalue weighted by Crippen LogP contribution is -2.07. The van der Waals surface area contributed by atoms with E-state index >= 15 is 0 Å². The molecule has 90 valence electrons. The zero-order chi connectivity index (χ0) is 12.5. The summed E-state index contributed by atoms with van der Waals surface area (Å²) in [4.78, 5) is 21.4. The number of allylic oxidation sites excluding steroid dienone is 1. The number of hydrogen-bond acceptors (Lipinski definition) is 3. The molecule has 1 aromatic rings. The van der Waals surface area contributed by atoms with Crippen LogP contribution in [-0.4, -0.2) is 18.9 Å². The normalized spacial score (nSPS) is 10.4. The minimum atomic E-state index is -0.211. The summed E-state index contributed by atoms with van der Waals surface area (Å²) in [6.07, 6.45) is 5.25. The first-order chi connectivity index (χ1) is 8.26. The lowest BCUT2D eigenvalue weighted by molar-refractivity contribution is -0.142. The third-order valence-electron chi connectivity index (χ3n) is 2.18. The van der Waals surface area contributed by atoms with E-state index in [2.05, 4.69) is 0 Å². The standard InChI is InChI=1S/C14H16O3/c1-2-17-14(16)11-13-8-6-12(7-9-13)5-3-4-10-15/h3,5-10H,2,4,11H2,1H3. The lowest BCUT2D eigenvalue weighted by Gasteiger charge is -2.02. The molecule has 0 aliphatic carbocycles. The van der Waals surface area contributed by atoms with Gasteiger partial charge in [-0.1, -0.05) is 36.4 Å². The molecule has 1 aromatic carbocycles. The second kappa shape index (κ2) is 7.39. The Bertz CT molecular complexity index is 390. The molecule has 0 N–H and O–H groups in total. The fourth-order valence-corrected chi connectivity index (χ4v) is 1.38. The predicted octanol–water partition coefficient (Wildman–Crippen LogP) is 2.39. The molecule has 0 atom stereocenters. The van der Waals surface area contributed by atoms with Gasteiger partial charge >= 0.3 is 5.97 Å². The molecule has 3 heteroatoms. The number of carbonyl (C=O) groups is 2. The fraction of sp³-hybridized carbons (Fsp3) is 0.286. The molecule has 0 radical (unpaired) electrons. The van der Waals surface area contributed by atoms with E-state index in [-0.39, 0.29) is 5.97 Å². The number of esters is 1. The zero-order valence-corrected chi connectivity index (χ0v) is 9.89. The van der Waals surface area contributed by atoms with Crippen LogP contribution in [0.15, 0.2) is 30.3 Å². The van der Waals surface area contributed by atoms with Crippen LogP contribution in [0.1, 0.15) is 24.5 Å². The molecule has 0 bridgehead atoms. The van der Waals surface area contributed by atoms with Gasteiger partial charge in [0, 0.05) is 6.42 Å². The first-order valence-electron chi connectivity index (χ1n) is 5.61. The molecule has 3 nitrogen and oxygen atoms in total. The van der Waals surface area contributed by atoms with Crippen molar-refractivity contribution in [2.24, 2.45) is 0 Å². The van der Waals surface area contributed by atoms with Crippen LogP contribution in [-0.2, 0) is 20.7 Å². The van der Waals surface area contributed by atoms with Crippen LogP contribution in [0, 0.1) is 0 Å². The maximum atomic E-state index is 11.2. The highest BCUT2D eigenvalue weighted by Crippen LogP contribution is 2.07. The van der Waals surface area contributed by atoms with E-state index in [1.54, 1.807) is 13.0 Å². The smallest absolute Gasteiger partial charge is 0.310 e. The van der Waals surface area contributed by atoms with Gasteiger partial charge in [-0.3, -0.25) is 4.79 Å². The van der Waals surface area contributed by atoms with Gasteiger partial charge < -0.3 is 9.53 Å². The van der Waals surface area contributed by atoms with E-state index < -0.39 is 0 Å². The summed E-state index contributed by atoms with van der Waals surface area (Å²) in [6, 6.07) is 7.60. The van der Waals surface area contributed by atoms with Crippen LogP contribution < -0.4 is 0 Å². The van der Waals surface area contributed by atoms with Gasteiger partial charge in [-0.05, 0) is 18.1 Å². The van der Waals surface area contributed by atoms with E-state index in [0.717, 1.165) is 17.4 Å². The van der Waals surface area contributed by atoms with E-state index in [9.17, 15) is 9.59 Å². The molecule has 0 amide bonds. The summed E-state index contributed by atoms with van der Waals surface area (Å²) in [5.74, 6) is -0.211. The Kier molecular flexibility index (Phi) is 5.72. The van der Waals surface area contributed by atoms with Crippen molar-refractivity contribution < 1.29 is 14.3 Å². The highest BCUT2D eigenvalue weighted by atomic mass is 16.5. The highest BCUT2D eigenvalue weighted by Gasteiger charge is 2.02.